The number of benzene rings is 2. The second-order valence-corrected chi connectivity index (χ2v) is 11.2. The maximum atomic E-state index is 13.8. The van der Waals surface area contributed by atoms with Crippen LogP contribution in [-0.4, -0.2) is 59.4 Å². The monoisotopic (exact) mass is 549 g/mol. The first kappa shape index (κ1) is 30.8. The lowest BCUT2D eigenvalue weighted by Gasteiger charge is -2.34. The third-order valence-corrected chi connectivity index (χ3v) is 7.40. The summed E-state index contributed by atoms with van der Waals surface area (Å²) in [6, 6.07) is 17.5. The number of imide groups is 1. The molecule has 1 heterocycles. The number of nitrogens with two attached hydrogens (primary N) is 1. The Morgan fingerprint density at radius 3 is 2.20 bits per heavy atom. The molecule has 2 aromatic carbocycles. The number of rotatable bonds is 12. The van der Waals surface area contributed by atoms with Gasteiger partial charge in [-0.25, -0.2) is 9.69 Å². The van der Waals surface area contributed by atoms with Crippen molar-refractivity contribution in [3.05, 3.63) is 71.8 Å². The summed E-state index contributed by atoms with van der Waals surface area (Å²) in [4.78, 5) is 42.7. The van der Waals surface area contributed by atoms with Gasteiger partial charge in [0.05, 0.1) is 13.2 Å². The molecule has 3 amide bonds. The first-order chi connectivity index (χ1) is 19.0. The van der Waals surface area contributed by atoms with Crippen LogP contribution < -0.4 is 11.1 Å². The molecule has 9 nitrogen and oxygen atoms in total. The molecule has 1 saturated heterocycles. The summed E-state index contributed by atoms with van der Waals surface area (Å²) in [6.07, 6.45) is 0.989. The number of hydrogen-bond acceptors (Lipinski definition) is 6. The van der Waals surface area contributed by atoms with E-state index < -0.39 is 29.6 Å². The van der Waals surface area contributed by atoms with Crippen LogP contribution in [0.3, 0.4) is 0 Å². The lowest BCUT2D eigenvalue weighted by molar-refractivity contribution is -0.134. The standard InChI is InChI=1S/C31H43N5O4/c1-21(2)20-31(24-15-10-7-11-16-24)28(38)35(29(33)34-31)18-12-17-26(22(3)4)36(30(39)40-5)27(37)25(32)19-23-13-8-6-9-14-23/h6-11,13-16,21-22,25-26H,12,17-20,32H2,1-5H3,(H2,33,34)/t25-,26?,31?/m0/s1. The molecule has 0 aliphatic carbocycles. The highest BCUT2D eigenvalue weighted by atomic mass is 16.5. The maximum Gasteiger partial charge on any atom is 0.416 e. The van der Waals surface area contributed by atoms with Crippen molar-refractivity contribution in [2.45, 2.75) is 71.0 Å². The highest BCUT2D eigenvalue weighted by Gasteiger charge is 2.50. The molecular formula is C31H43N5O4. The summed E-state index contributed by atoms with van der Waals surface area (Å²) in [5, 5.41) is 11.8. The molecule has 0 saturated carbocycles. The van der Waals surface area contributed by atoms with Gasteiger partial charge in [-0.3, -0.25) is 19.9 Å². The average Bonchev–Trinajstić information content (AvgIpc) is 3.17. The number of carbonyl (C=O) groups is 3. The molecule has 0 radical (unpaired) electrons. The second-order valence-electron chi connectivity index (χ2n) is 11.2. The van der Waals surface area contributed by atoms with Crippen molar-refractivity contribution < 1.29 is 19.1 Å². The molecular weight excluding hydrogens is 506 g/mol. The Hall–Kier alpha value is -3.72. The molecule has 40 heavy (non-hydrogen) atoms. The Morgan fingerprint density at radius 1 is 1.05 bits per heavy atom. The van der Waals surface area contributed by atoms with E-state index in [9.17, 15) is 14.4 Å². The van der Waals surface area contributed by atoms with Gasteiger partial charge in [0.2, 0.25) is 5.91 Å². The third-order valence-electron chi connectivity index (χ3n) is 7.40. The van der Waals surface area contributed by atoms with Gasteiger partial charge in [0.25, 0.3) is 5.91 Å². The van der Waals surface area contributed by atoms with E-state index in [2.05, 4.69) is 19.2 Å². The van der Waals surface area contributed by atoms with E-state index >= 15 is 0 Å². The van der Waals surface area contributed by atoms with Crippen LogP contribution in [0.1, 0.15) is 58.1 Å². The van der Waals surface area contributed by atoms with Gasteiger partial charge in [-0.2, -0.15) is 0 Å². The van der Waals surface area contributed by atoms with Crippen molar-refractivity contribution in [1.82, 2.24) is 15.1 Å². The summed E-state index contributed by atoms with van der Waals surface area (Å²) in [6.45, 7) is 8.26. The fourth-order valence-electron chi connectivity index (χ4n) is 5.50. The zero-order valence-electron chi connectivity index (χ0n) is 24.2. The Morgan fingerprint density at radius 2 is 1.65 bits per heavy atom. The lowest BCUT2D eigenvalue weighted by Crippen LogP contribution is -2.54. The van der Waals surface area contributed by atoms with E-state index in [1.54, 1.807) is 0 Å². The van der Waals surface area contributed by atoms with Gasteiger partial charge in [-0.05, 0) is 48.6 Å². The van der Waals surface area contributed by atoms with Crippen LogP contribution in [0, 0.1) is 17.2 Å². The van der Waals surface area contributed by atoms with E-state index in [0.717, 1.165) is 16.0 Å². The summed E-state index contributed by atoms with van der Waals surface area (Å²) < 4.78 is 4.99. The summed E-state index contributed by atoms with van der Waals surface area (Å²) >= 11 is 0. The topological polar surface area (TPSA) is 129 Å². The highest BCUT2D eigenvalue weighted by molar-refractivity contribution is 6.08. The number of nitrogens with one attached hydrogen (secondary N) is 2. The highest BCUT2D eigenvalue weighted by Crippen LogP contribution is 2.35. The number of carbonyl (C=O) groups excluding carboxylic acids is 3. The second kappa shape index (κ2) is 13.6. The fourth-order valence-corrected chi connectivity index (χ4v) is 5.50. The number of ether oxygens (including phenoxy) is 1. The van der Waals surface area contributed by atoms with Crippen LogP contribution in [0.15, 0.2) is 60.7 Å². The summed E-state index contributed by atoms with van der Waals surface area (Å²) in [5.74, 6) is -0.468. The third kappa shape index (κ3) is 6.88. The molecule has 3 atom stereocenters. The molecule has 0 spiro atoms. The molecule has 1 aliphatic heterocycles. The molecule has 2 aromatic rings. The fraction of sp³-hybridized carbons (Fsp3) is 0.484. The molecule has 0 aromatic heterocycles. The van der Waals surface area contributed by atoms with Crippen molar-refractivity contribution in [3.8, 4) is 0 Å². The maximum absolute atomic E-state index is 13.8. The molecule has 2 unspecified atom stereocenters. The van der Waals surface area contributed by atoms with Crippen LogP contribution in [0.5, 0.6) is 0 Å². The van der Waals surface area contributed by atoms with Gasteiger partial charge < -0.3 is 15.8 Å². The van der Waals surface area contributed by atoms with Gasteiger partial charge in [-0.1, -0.05) is 88.4 Å². The smallest absolute Gasteiger partial charge is 0.416 e. The van der Waals surface area contributed by atoms with Crippen molar-refractivity contribution in [1.29, 1.82) is 5.41 Å². The summed E-state index contributed by atoms with van der Waals surface area (Å²) in [7, 11) is 1.25. The van der Waals surface area contributed by atoms with Crippen LogP contribution in [0.4, 0.5) is 4.79 Å². The minimum Gasteiger partial charge on any atom is -0.452 e. The number of hydrogen-bond donors (Lipinski definition) is 3. The van der Waals surface area contributed by atoms with Gasteiger partial charge in [0.15, 0.2) is 5.96 Å². The average molecular weight is 550 g/mol. The zero-order valence-corrected chi connectivity index (χ0v) is 24.2. The Bertz CT molecular complexity index is 1170. The lowest BCUT2D eigenvalue weighted by atomic mass is 9.82. The Labute approximate surface area is 237 Å². The van der Waals surface area contributed by atoms with Crippen molar-refractivity contribution >= 4 is 23.9 Å². The molecule has 3 rings (SSSR count). The van der Waals surface area contributed by atoms with Gasteiger partial charge in [0, 0.05) is 12.6 Å². The molecule has 216 valence electrons. The Balaban J connectivity index is 1.76. The van der Waals surface area contributed by atoms with Crippen LogP contribution in [0.25, 0.3) is 0 Å². The molecule has 9 heteroatoms. The summed E-state index contributed by atoms with van der Waals surface area (Å²) in [5.41, 5.74) is 7.01. The molecule has 1 aliphatic rings. The van der Waals surface area contributed by atoms with E-state index in [-0.39, 0.29) is 30.2 Å². The molecule has 1 fully saturated rings. The Kier molecular flexibility index (Phi) is 10.5. The predicted octanol–water partition coefficient (Wildman–Crippen LogP) is 4.26. The van der Waals surface area contributed by atoms with Gasteiger partial charge in [-0.15, -0.1) is 0 Å². The minimum absolute atomic E-state index is 0.0568. The van der Waals surface area contributed by atoms with E-state index in [1.807, 2.05) is 74.5 Å². The first-order valence-electron chi connectivity index (χ1n) is 14.0. The first-order valence-corrected chi connectivity index (χ1v) is 14.0. The number of nitrogens with zero attached hydrogens (tertiary/aromatic N) is 2. The number of methoxy groups -OCH3 is 1. The van der Waals surface area contributed by atoms with Crippen LogP contribution >= 0.6 is 0 Å². The minimum atomic E-state index is -0.998. The molecule has 0 bridgehead atoms. The number of amides is 3. The molecule has 4 N–H and O–H groups in total. The largest absolute Gasteiger partial charge is 0.452 e. The quantitative estimate of drug-likeness (QED) is 0.363. The van der Waals surface area contributed by atoms with Crippen molar-refractivity contribution in [2.24, 2.45) is 17.6 Å². The number of guanidine groups is 1. The predicted molar refractivity (Wildman–Crippen MR) is 155 cm³/mol. The van der Waals surface area contributed by atoms with Crippen LogP contribution in [0.2, 0.25) is 0 Å². The van der Waals surface area contributed by atoms with Crippen molar-refractivity contribution in [2.75, 3.05) is 13.7 Å². The zero-order chi connectivity index (χ0) is 29.4. The van der Waals surface area contributed by atoms with Gasteiger partial charge >= 0.3 is 6.09 Å². The van der Waals surface area contributed by atoms with E-state index in [4.69, 9.17) is 15.9 Å². The van der Waals surface area contributed by atoms with Gasteiger partial charge in [0.1, 0.15) is 5.54 Å². The SMILES string of the molecule is COC(=O)N(C(=O)[C@@H](N)Cc1ccccc1)C(CCCN1C(=N)NC(CC(C)C)(c2ccccc2)C1=O)C(C)C. The van der Waals surface area contributed by atoms with E-state index in [0.29, 0.717) is 25.7 Å². The van der Waals surface area contributed by atoms with Crippen LogP contribution in [-0.2, 0) is 26.3 Å². The van der Waals surface area contributed by atoms with Crippen molar-refractivity contribution in [3.63, 3.8) is 0 Å². The normalized spacial score (nSPS) is 18.6. The van der Waals surface area contributed by atoms with E-state index in [1.165, 1.54) is 12.0 Å².